The molecule has 2 aliphatic rings. The number of thiazole rings is 1. The van der Waals surface area contributed by atoms with Crippen LogP contribution in [-0.2, 0) is 25.8 Å². The van der Waals surface area contributed by atoms with Crippen LogP contribution in [0.25, 0.3) is 0 Å². The molecule has 14 heteroatoms. The lowest BCUT2D eigenvalue weighted by atomic mass is 10.0. The van der Waals surface area contributed by atoms with Gasteiger partial charge in [-0.05, 0) is 6.26 Å². The van der Waals surface area contributed by atoms with E-state index >= 15 is 0 Å². The summed E-state index contributed by atoms with van der Waals surface area (Å²) in [5, 5.41) is 19.7. The summed E-state index contributed by atoms with van der Waals surface area (Å²) in [5.74, 6) is -2.06. The summed E-state index contributed by atoms with van der Waals surface area (Å²) in [6.45, 7) is 0.305. The maximum absolute atomic E-state index is 13.0. The number of carboxylic acid groups (broad SMARTS) is 1. The molecule has 178 valence electrons. The molecular formula is C20H20N6O5S3. The number of nitrogens with one attached hydrogen (secondary N) is 1. The third-order valence-electron chi connectivity index (χ3n) is 4.98. The van der Waals surface area contributed by atoms with Crippen LogP contribution in [0, 0.1) is 0 Å². The van der Waals surface area contributed by atoms with Crippen LogP contribution in [0.5, 0.6) is 0 Å². The van der Waals surface area contributed by atoms with Crippen molar-refractivity contribution in [2.75, 3.05) is 23.7 Å². The number of anilines is 1. The second kappa shape index (κ2) is 10.4. The molecule has 4 rings (SSSR count). The molecule has 2 aromatic heterocycles. The highest BCUT2D eigenvalue weighted by Gasteiger charge is 2.53. The van der Waals surface area contributed by atoms with Crippen molar-refractivity contribution in [1.29, 1.82) is 0 Å². The fourth-order valence-electron chi connectivity index (χ4n) is 3.51. The minimum absolute atomic E-state index is 0.120. The Balaban J connectivity index is 1.52. The number of hydrogen-bond donors (Lipinski definition) is 2. The zero-order valence-corrected chi connectivity index (χ0v) is 20.3. The summed E-state index contributed by atoms with van der Waals surface area (Å²) in [6, 6.07) is 4.58. The minimum Gasteiger partial charge on any atom is -0.543 e. The van der Waals surface area contributed by atoms with Crippen LogP contribution in [-0.4, -0.2) is 62.7 Å². The van der Waals surface area contributed by atoms with Gasteiger partial charge in [-0.1, -0.05) is 11.2 Å². The molecule has 2 aromatic rings. The third kappa shape index (κ3) is 4.88. The number of amides is 2. The van der Waals surface area contributed by atoms with E-state index in [1.807, 2.05) is 41.4 Å². The Bertz CT molecular complexity index is 1170. The standard InChI is InChI=1S/C20H20N6O5S3/c1-32-10-31-24-13(12-9-34-20(21)22-12)16(27)23-14-17(28)26-15(19(29)30)11(8-33-18(14)26)7-25-5-3-2-4-6-25/h2-6,9,14,18H,7-8,10H2,1H3,(H3-,21,22,23,27,29,30)/b24-13-/t14?,18-/m1/s1. The first kappa shape index (κ1) is 24.0. The minimum atomic E-state index is -1.43. The molecule has 0 aliphatic carbocycles. The van der Waals surface area contributed by atoms with Crippen molar-refractivity contribution in [3.63, 3.8) is 0 Å². The number of fused-ring (bicyclic) bond motifs is 1. The Morgan fingerprint density at radius 1 is 1.41 bits per heavy atom. The number of carboxylic acids is 1. The van der Waals surface area contributed by atoms with Crippen LogP contribution in [0.4, 0.5) is 5.13 Å². The van der Waals surface area contributed by atoms with Gasteiger partial charge < -0.3 is 25.8 Å². The molecule has 4 heterocycles. The number of carbonyl (C=O) groups excluding carboxylic acids is 3. The maximum atomic E-state index is 13.0. The molecule has 1 unspecified atom stereocenters. The molecule has 11 nitrogen and oxygen atoms in total. The van der Waals surface area contributed by atoms with E-state index in [4.69, 9.17) is 10.6 Å². The van der Waals surface area contributed by atoms with Crippen LogP contribution in [0.3, 0.4) is 0 Å². The Hall–Kier alpha value is -3.10. The van der Waals surface area contributed by atoms with Crippen molar-refractivity contribution in [3.8, 4) is 0 Å². The Kier molecular flexibility index (Phi) is 7.38. The molecule has 2 atom stereocenters. The zero-order chi connectivity index (χ0) is 24.2. The van der Waals surface area contributed by atoms with Gasteiger partial charge in [-0.25, -0.2) is 9.55 Å². The number of nitrogen functional groups attached to an aromatic ring is 1. The molecule has 1 saturated heterocycles. The Morgan fingerprint density at radius 3 is 2.82 bits per heavy atom. The zero-order valence-electron chi connectivity index (χ0n) is 17.9. The van der Waals surface area contributed by atoms with E-state index in [2.05, 4.69) is 15.5 Å². The number of nitrogens with two attached hydrogens (primary N) is 1. The van der Waals surface area contributed by atoms with Crippen molar-refractivity contribution in [2.24, 2.45) is 5.16 Å². The van der Waals surface area contributed by atoms with Gasteiger partial charge >= 0.3 is 0 Å². The van der Waals surface area contributed by atoms with Crippen LogP contribution in [0.15, 0.2) is 52.4 Å². The van der Waals surface area contributed by atoms with E-state index < -0.39 is 29.2 Å². The topological polar surface area (TPSA) is 154 Å². The highest BCUT2D eigenvalue weighted by atomic mass is 32.2. The number of oxime groups is 1. The molecule has 3 N–H and O–H groups in total. The van der Waals surface area contributed by atoms with Crippen LogP contribution < -0.4 is 20.7 Å². The van der Waals surface area contributed by atoms with Gasteiger partial charge in [0.05, 0.1) is 11.7 Å². The number of rotatable bonds is 9. The second-order valence-corrected chi connectivity index (χ2v) is 10.0. The molecular weight excluding hydrogens is 500 g/mol. The van der Waals surface area contributed by atoms with Gasteiger partial charge in [0.2, 0.25) is 0 Å². The average Bonchev–Trinajstić information content (AvgIpc) is 3.26. The number of hydrogen-bond acceptors (Lipinski definition) is 11. The summed E-state index contributed by atoms with van der Waals surface area (Å²) in [5.41, 5.74) is 6.18. The number of aromatic nitrogens is 2. The molecule has 0 spiro atoms. The van der Waals surface area contributed by atoms with Crippen molar-refractivity contribution in [1.82, 2.24) is 15.2 Å². The maximum Gasteiger partial charge on any atom is 0.276 e. The third-order valence-corrected chi connectivity index (χ3v) is 7.34. The van der Waals surface area contributed by atoms with Gasteiger partial charge in [0.1, 0.15) is 17.1 Å². The predicted molar refractivity (Wildman–Crippen MR) is 126 cm³/mol. The molecule has 2 amide bonds. The highest BCUT2D eigenvalue weighted by Crippen LogP contribution is 2.40. The number of β-lactam (4-membered cyclic amide) rings is 1. The van der Waals surface area contributed by atoms with Crippen LogP contribution in [0.1, 0.15) is 5.69 Å². The molecule has 0 aromatic carbocycles. The first-order chi connectivity index (χ1) is 16.4. The van der Waals surface area contributed by atoms with E-state index in [9.17, 15) is 19.5 Å². The summed E-state index contributed by atoms with van der Waals surface area (Å²) in [6.07, 6.45) is 5.43. The molecule has 0 radical (unpaired) electrons. The van der Waals surface area contributed by atoms with Gasteiger partial charge in [0.25, 0.3) is 11.8 Å². The number of aliphatic carboxylic acids is 1. The van der Waals surface area contributed by atoms with Gasteiger partial charge in [0, 0.05) is 28.8 Å². The van der Waals surface area contributed by atoms with Gasteiger partial charge in [0.15, 0.2) is 35.7 Å². The number of carbonyl (C=O) groups is 3. The van der Waals surface area contributed by atoms with Gasteiger partial charge in [-0.2, -0.15) is 0 Å². The Labute approximate surface area is 207 Å². The average molecular weight is 521 g/mol. The quantitative estimate of drug-likeness (QED) is 0.108. The predicted octanol–water partition coefficient (Wildman–Crippen LogP) is -0.842. The number of nitrogens with zero attached hydrogens (tertiary/aromatic N) is 4. The number of thioether (sulfide) groups is 2. The van der Waals surface area contributed by atoms with Crippen molar-refractivity contribution >= 4 is 63.5 Å². The lowest BCUT2D eigenvalue weighted by Gasteiger charge is -2.50. The first-order valence-electron chi connectivity index (χ1n) is 9.94. The fourth-order valence-corrected chi connectivity index (χ4v) is 5.55. The second-order valence-electron chi connectivity index (χ2n) is 7.19. The summed E-state index contributed by atoms with van der Waals surface area (Å²) >= 11 is 3.87. The van der Waals surface area contributed by atoms with E-state index in [0.29, 0.717) is 17.9 Å². The largest absolute Gasteiger partial charge is 0.543 e. The van der Waals surface area contributed by atoms with Crippen molar-refractivity contribution < 1.29 is 28.9 Å². The van der Waals surface area contributed by atoms with E-state index in [1.165, 1.54) is 28.4 Å². The molecule has 1 fully saturated rings. The van der Waals surface area contributed by atoms with Crippen LogP contribution >= 0.6 is 34.9 Å². The smallest absolute Gasteiger partial charge is 0.276 e. The normalized spacial score (nSPS) is 20.0. The van der Waals surface area contributed by atoms with Crippen LogP contribution in [0.2, 0.25) is 0 Å². The first-order valence-corrected chi connectivity index (χ1v) is 13.3. The summed E-state index contributed by atoms with van der Waals surface area (Å²) in [7, 11) is 0. The van der Waals surface area contributed by atoms with Gasteiger partial charge in [-0.3, -0.25) is 14.5 Å². The summed E-state index contributed by atoms with van der Waals surface area (Å²) in [4.78, 5) is 48.2. The van der Waals surface area contributed by atoms with Crippen molar-refractivity contribution in [3.05, 3.63) is 52.9 Å². The van der Waals surface area contributed by atoms with Gasteiger partial charge in [-0.15, -0.1) is 34.9 Å². The lowest BCUT2D eigenvalue weighted by Crippen LogP contribution is -2.71. The Morgan fingerprint density at radius 2 is 2.18 bits per heavy atom. The van der Waals surface area contributed by atoms with E-state index in [-0.39, 0.29) is 28.2 Å². The van der Waals surface area contributed by atoms with E-state index in [1.54, 1.807) is 5.38 Å². The highest BCUT2D eigenvalue weighted by molar-refractivity contribution is 8.00. The fraction of sp³-hybridized carbons (Fsp3) is 0.300. The number of pyridine rings is 1. The molecule has 0 saturated carbocycles. The SMILES string of the molecule is CSCO/N=C(\C(=O)NC1C(=O)N2C(C(=O)[O-])=C(C[n+]3ccccc3)CS[C@H]12)c1csc(N)n1. The summed E-state index contributed by atoms with van der Waals surface area (Å²) < 4.78 is 1.82. The monoisotopic (exact) mass is 520 g/mol. The lowest BCUT2D eigenvalue weighted by molar-refractivity contribution is -0.689. The molecule has 34 heavy (non-hydrogen) atoms. The van der Waals surface area contributed by atoms with Crippen molar-refractivity contribution in [2.45, 2.75) is 18.0 Å². The van der Waals surface area contributed by atoms with E-state index in [0.717, 1.165) is 11.3 Å². The molecule has 2 aliphatic heterocycles. The molecule has 0 bridgehead atoms.